The van der Waals surface area contributed by atoms with Gasteiger partial charge >= 0.3 is 34.2 Å². The Bertz CT molecular complexity index is 1280. The van der Waals surface area contributed by atoms with E-state index >= 15 is 0 Å². The molecule has 0 aromatic heterocycles. The molecule has 8 saturated carbocycles. The molecule has 5 saturated heterocycles. The summed E-state index contributed by atoms with van der Waals surface area (Å²) >= 11 is 0. The van der Waals surface area contributed by atoms with E-state index in [-0.39, 0.29) is 20.2 Å². The van der Waals surface area contributed by atoms with Crippen LogP contribution < -0.4 is 0 Å². The summed E-state index contributed by atoms with van der Waals surface area (Å²) in [4.78, 5) is 0. The summed E-state index contributed by atoms with van der Waals surface area (Å²) in [5.41, 5.74) is 0. The van der Waals surface area contributed by atoms with E-state index in [1.54, 1.807) is 0 Å². The van der Waals surface area contributed by atoms with E-state index in [1.807, 2.05) is 0 Å². The molecule has 0 amide bonds. The summed E-state index contributed by atoms with van der Waals surface area (Å²) in [6.45, 7) is 10.2. The van der Waals surface area contributed by atoms with Gasteiger partial charge in [0.25, 0.3) is 0 Å². The van der Waals surface area contributed by atoms with Crippen molar-refractivity contribution >= 4 is 34.2 Å². The fourth-order valence-corrected chi connectivity index (χ4v) is 45.2. The smallest absolute Gasteiger partial charge is 0.324 e. The van der Waals surface area contributed by atoms with E-state index in [9.17, 15) is 0 Å². The van der Waals surface area contributed by atoms with E-state index < -0.39 is 34.2 Å². The Morgan fingerprint density at radius 3 is 0.729 bits per heavy atom. The normalized spacial score (nSPS) is 71.2. The van der Waals surface area contributed by atoms with Gasteiger partial charge in [-0.2, -0.15) is 0 Å². The van der Waals surface area contributed by atoms with E-state index in [4.69, 9.17) is 35.4 Å². The van der Waals surface area contributed by atoms with Crippen LogP contribution in [0, 0.1) is 23.7 Å². The Kier molecular flexibility index (Phi) is 5.45. The van der Waals surface area contributed by atoms with Crippen LogP contribution in [0.15, 0.2) is 0 Å². The molecule has 0 spiro atoms. The van der Waals surface area contributed by atoms with Gasteiger partial charge in [-0.15, -0.1) is 0 Å². The molecule has 16 unspecified atom stereocenters. The molecule has 0 bridgehead atoms. The van der Waals surface area contributed by atoms with Gasteiger partial charge in [0, 0.05) is 20.2 Å². The van der Waals surface area contributed by atoms with Gasteiger partial charge < -0.3 is 35.4 Å². The number of rotatable bonds is 4. The standard InChI is InChI=1S/C36H56O8Si4/c1-45(33-13-5-21(33)29-25(37-29)9-17-33)41-46(2,34-14-6-22(34)30-26(38-30)10-18-34)43-48(4,36-16-8-24(36)32-28(40-32)12-20-36)44-47(3,42-45)35-15-7-23(35)31-27(39-31)11-19-35/h21-32H,5-20H2,1-4H3. The van der Waals surface area contributed by atoms with Crippen molar-refractivity contribution in [1.82, 2.24) is 0 Å². The quantitative estimate of drug-likeness (QED) is 0.222. The molecular weight excluding hydrogens is 673 g/mol. The fourth-order valence-electron chi connectivity index (χ4n) is 15.9. The van der Waals surface area contributed by atoms with Crippen LogP contribution in [-0.2, 0) is 35.4 Å². The summed E-state index contributed by atoms with van der Waals surface area (Å²) in [6, 6.07) is 0. The van der Waals surface area contributed by atoms with Crippen LogP contribution >= 0.6 is 0 Å². The highest BCUT2D eigenvalue weighted by molar-refractivity contribution is 6.97. The van der Waals surface area contributed by atoms with Crippen LogP contribution in [-0.4, -0.2) is 83.1 Å². The first kappa shape index (κ1) is 29.9. The molecule has 12 heteroatoms. The Labute approximate surface area is 290 Å². The van der Waals surface area contributed by atoms with Crippen molar-refractivity contribution in [3.8, 4) is 0 Å². The highest BCUT2D eigenvalue weighted by atomic mass is 28.5. The summed E-state index contributed by atoms with van der Waals surface area (Å²) in [5, 5.41) is 0.439. The minimum Gasteiger partial charge on any atom is -0.415 e. The topological polar surface area (TPSA) is 87.0 Å². The van der Waals surface area contributed by atoms with Crippen LogP contribution in [0.4, 0.5) is 0 Å². The predicted molar refractivity (Wildman–Crippen MR) is 184 cm³/mol. The Morgan fingerprint density at radius 1 is 0.333 bits per heavy atom. The summed E-state index contributed by atoms with van der Waals surface area (Å²) in [7, 11) is -11.6. The van der Waals surface area contributed by atoms with E-state index in [2.05, 4.69) is 26.2 Å². The second-order valence-electron chi connectivity index (χ2n) is 20.1. The minimum atomic E-state index is -2.91. The van der Waals surface area contributed by atoms with Crippen LogP contribution in [0.2, 0.25) is 46.3 Å². The molecule has 0 aromatic rings. The lowest BCUT2D eigenvalue weighted by atomic mass is 9.64. The Balaban J connectivity index is 0.992. The number of epoxide rings is 4. The second kappa shape index (κ2) is 8.74. The van der Waals surface area contributed by atoms with E-state index in [0.717, 1.165) is 0 Å². The van der Waals surface area contributed by atoms with Crippen LogP contribution in [0.25, 0.3) is 0 Å². The van der Waals surface area contributed by atoms with Crippen molar-refractivity contribution in [2.24, 2.45) is 23.7 Å². The van der Waals surface area contributed by atoms with Crippen molar-refractivity contribution in [1.29, 1.82) is 0 Å². The van der Waals surface area contributed by atoms with Gasteiger partial charge in [-0.3, -0.25) is 0 Å². The maximum Gasteiger partial charge on any atom is 0.324 e. The van der Waals surface area contributed by atoms with Gasteiger partial charge in [-0.1, -0.05) is 0 Å². The molecule has 8 nitrogen and oxygen atoms in total. The zero-order valence-corrected chi connectivity index (χ0v) is 33.5. The highest BCUT2D eigenvalue weighted by Gasteiger charge is 2.84. The lowest BCUT2D eigenvalue weighted by Gasteiger charge is -2.71. The van der Waals surface area contributed by atoms with Gasteiger partial charge in [0.2, 0.25) is 0 Å². The molecule has 264 valence electrons. The first-order valence-electron chi connectivity index (χ1n) is 20.4. The van der Waals surface area contributed by atoms with Crippen molar-refractivity contribution in [3.63, 3.8) is 0 Å². The maximum absolute atomic E-state index is 8.43. The van der Waals surface area contributed by atoms with Crippen molar-refractivity contribution in [2.75, 3.05) is 0 Å². The van der Waals surface area contributed by atoms with Crippen molar-refractivity contribution in [3.05, 3.63) is 0 Å². The first-order chi connectivity index (χ1) is 23.0. The van der Waals surface area contributed by atoms with Gasteiger partial charge in [-0.25, -0.2) is 0 Å². The van der Waals surface area contributed by atoms with E-state index in [0.29, 0.717) is 72.5 Å². The SMILES string of the molecule is C[Si]1(C23CCC4OC4C2CC3)O[Si](C)(C23CCC4OC4C2CC3)O[Si](C)(C23CCC4OC4C2CC3)O[Si](C)(C23CCC4OC4C2CC3)O1. The average molecular weight is 729 g/mol. The predicted octanol–water partition coefficient (Wildman–Crippen LogP) is 7.20. The molecule has 0 N–H and O–H groups in total. The average Bonchev–Trinajstić information content (AvgIpc) is 3.74. The van der Waals surface area contributed by atoms with Gasteiger partial charge in [0.05, 0.1) is 48.8 Å². The lowest BCUT2D eigenvalue weighted by molar-refractivity contribution is 0.0232. The summed E-state index contributed by atoms with van der Waals surface area (Å²) in [6.07, 6.45) is 23.1. The zero-order chi connectivity index (χ0) is 31.9. The molecule has 0 radical (unpaired) electrons. The lowest BCUT2D eigenvalue weighted by Crippen LogP contribution is -2.81. The largest absolute Gasteiger partial charge is 0.415 e. The molecule has 5 aliphatic heterocycles. The molecule has 13 aliphatic rings. The molecule has 16 atom stereocenters. The zero-order valence-electron chi connectivity index (χ0n) is 29.5. The van der Waals surface area contributed by atoms with Crippen molar-refractivity contribution in [2.45, 2.75) is 198 Å². The van der Waals surface area contributed by atoms with Gasteiger partial charge in [0.15, 0.2) is 0 Å². The summed E-state index contributed by atoms with van der Waals surface area (Å²) < 4.78 is 59.3. The monoisotopic (exact) mass is 728 g/mol. The Hall–Kier alpha value is 0.548. The fraction of sp³-hybridized carbons (Fsp3) is 1.00. The third kappa shape index (κ3) is 3.24. The molecular formula is C36H56O8Si4. The second-order valence-corrected chi connectivity index (χ2v) is 34.9. The maximum atomic E-state index is 8.43. The third-order valence-corrected chi connectivity index (χ3v) is 42.4. The number of hydrogen-bond donors (Lipinski definition) is 0. The van der Waals surface area contributed by atoms with Crippen LogP contribution in [0.5, 0.6) is 0 Å². The molecule has 48 heavy (non-hydrogen) atoms. The summed E-state index contributed by atoms with van der Waals surface area (Å²) in [5.74, 6) is 2.33. The van der Waals surface area contributed by atoms with Gasteiger partial charge in [-0.05, 0) is 153 Å². The molecule has 0 aromatic carbocycles. The number of hydrogen-bond acceptors (Lipinski definition) is 8. The van der Waals surface area contributed by atoms with Crippen LogP contribution in [0.1, 0.15) is 103 Å². The third-order valence-electron chi connectivity index (χ3n) is 19.2. The van der Waals surface area contributed by atoms with E-state index in [1.165, 1.54) is 103 Å². The molecule has 13 rings (SSSR count). The number of fused-ring (bicyclic) bond motifs is 12. The minimum absolute atomic E-state index is 0.110. The van der Waals surface area contributed by atoms with Crippen LogP contribution in [0.3, 0.4) is 0 Å². The molecule has 8 aliphatic carbocycles. The first-order valence-corrected chi connectivity index (χ1v) is 29.7. The van der Waals surface area contributed by atoms with Crippen molar-refractivity contribution < 1.29 is 35.4 Å². The highest BCUT2D eigenvalue weighted by Crippen LogP contribution is 2.80. The number of ether oxygens (including phenoxy) is 4. The molecule has 13 fully saturated rings. The molecule has 5 heterocycles. The Morgan fingerprint density at radius 2 is 0.542 bits per heavy atom. The van der Waals surface area contributed by atoms with Gasteiger partial charge in [0.1, 0.15) is 0 Å².